The van der Waals surface area contributed by atoms with E-state index in [1.54, 1.807) is 20.3 Å². The van der Waals surface area contributed by atoms with Gasteiger partial charge in [-0.15, -0.1) is 0 Å². The van der Waals surface area contributed by atoms with Crippen molar-refractivity contribution in [2.24, 2.45) is 0 Å². The van der Waals surface area contributed by atoms with Crippen LogP contribution < -0.4 is 14.8 Å². The van der Waals surface area contributed by atoms with Crippen LogP contribution in [-0.4, -0.2) is 51.2 Å². The highest BCUT2D eigenvalue weighted by Crippen LogP contribution is 2.31. The van der Waals surface area contributed by atoms with Crippen LogP contribution in [0.4, 0.5) is 0 Å². The van der Waals surface area contributed by atoms with Gasteiger partial charge < -0.3 is 19.7 Å². The van der Waals surface area contributed by atoms with Gasteiger partial charge in [-0.25, -0.2) is 0 Å². The van der Waals surface area contributed by atoms with Gasteiger partial charge in [0.2, 0.25) is 0 Å². The van der Waals surface area contributed by atoms with Gasteiger partial charge in [0.15, 0.2) is 11.5 Å². The van der Waals surface area contributed by atoms with E-state index in [1.165, 1.54) is 19.3 Å². The molecule has 1 aromatic carbocycles. The summed E-state index contributed by atoms with van der Waals surface area (Å²) >= 11 is 2.15. The smallest absolute Gasteiger partial charge is 0.252 e. The number of methoxy groups -OCH3 is 2. The Bertz CT molecular complexity index is 516. The van der Waals surface area contributed by atoms with Crippen LogP contribution in [0.15, 0.2) is 12.1 Å². The molecule has 0 saturated carbocycles. The van der Waals surface area contributed by atoms with Gasteiger partial charge in [-0.05, 0) is 60.7 Å². The summed E-state index contributed by atoms with van der Waals surface area (Å²) in [7, 11) is 3.16. The van der Waals surface area contributed by atoms with Crippen LogP contribution in [0.25, 0.3) is 0 Å². The van der Waals surface area contributed by atoms with Crippen molar-refractivity contribution in [3.05, 3.63) is 21.3 Å². The second kappa shape index (κ2) is 8.57. The molecular weight excluding hydrogens is 395 g/mol. The third-order valence-corrected chi connectivity index (χ3v) is 4.77. The average molecular weight is 418 g/mol. The van der Waals surface area contributed by atoms with Crippen LogP contribution in [-0.2, 0) is 0 Å². The Morgan fingerprint density at radius 3 is 2.45 bits per heavy atom. The van der Waals surface area contributed by atoms with Crippen LogP contribution in [0.1, 0.15) is 29.6 Å². The SMILES string of the molecule is COc1cc(I)c(C(=O)NCCN2CCCCC2)cc1OC. The number of piperidine rings is 1. The topological polar surface area (TPSA) is 50.8 Å². The zero-order valence-electron chi connectivity index (χ0n) is 13.2. The number of halogens is 1. The Kier molecular flexibility index (Phi) is 6.75. The van der Waals surface area contributed by atoms with E-state index in [1.807, 2.05) is 6.07 Å². The highest BCUT2D eigenvalue weighted by molar-refractivity contribution is 14.1. The quantitative estimate of drug-likeness (QED) is 0.722. The number of nitrogens with zero attached hydrogens (tertiary/aromatic N) is 1. The maximum Gasteiger partial charge on any atom is 0.252 e. The number of nitrogens with one attached hydrogen (secondary N) is 1. The third kappa shape index (κ3) is 4.49. The standard InChI is InChI=1S/C16H23IN2O3/c1-21-14-10-12(13(17)11-15(14)22-2)16(20)18-6-9-19-7-4-3-5-8-19/h10-11H,3-9H2,1-2H3,(H,18,20). The first-order valence-corrected chi connectivity index (χ1v) is 8.65. The van der Waals surface area contributed by atoms with Gasteiger partial charge in [0.1, 0.15) is 0 Å². The molecule has 1 amide bonds. The summed E-state index contributed by atoms with van der Waals surface area (Å²) in [6.45, 7) is 3.87. The maximum atomic E-state index is 12.3. The average Bonchev–Trinajstić information content (AvgIpc) is 2.55. The Morgan fingerprint density at radius 1 is 1.18 bits per heavy atom. The molecule has 0 aliphatic carbocycles. The fourth-order valence-electron chi connectivity index (χ4n) is 2.63. The first kappa shape index (κ1) is 17.3. The van der Waals surface area contributed by atoms with Gasteiger partial charge in [-0.3, -0.25) is 4.79 Å². The molecule has 1 aromatic rings. The molecule has 0 unspecified atom stereocenters. The zero-order chi connectivity index (χ0) is 15.9. The number of benzene rings is 1. The van der Waals surface area contributed by atoms with Gasteiger partial charge >= 0.3 is 0 Å². The van der Waals surface area contributed by atoms with Crippen molar-refractivity contribution in [3.8, 4) is 11.5 Å². The van der Waals surface area contributed by atoms with Gasteiger partial charge in [-0.1, -0.05) is 6.42 Å². The van der Waals surface area contributed by atoms with Crippen molar-refractivity contribution in [2.75, 3.05) is 40.4 Å². The summed E-state index contributed by atoms with van der Waals surface area (Å²) in [5, 5.41) is 2.99. The summed E-state index contributed by atoms with van der Waals surface area (Å²) in [6.07, 6.45) is 3.86. The van der Waals surface area contributed by atoms with E-state index in [2.05, 4.69) is 32.8 Å². The molecular formula is C16H23IN2O3. The van der Waals surface area contributed by atoms with Crippen molar-refractivity contribution in [1.29, 1.82) is 0 Å². The first-order valence-electron chi connectivity index (χ1n) is 7.57. The van der Waals surface area contributed by atoms with E-state index < -0.39 is 0 Å². The van der Waals surface area contributed by atoms with Crippen molar-refractivity contribution < 1.29 is 14.3 Å². The summed E-state index contributed by atoms with van der Waals surface area (Å²) in [5.41, 5.74) is 0.622. The summed E-state index contributed by atoms with van der Waals surface area (Å²) < 4.78 is 11.4. The van der Waals surface area contributed by atoms with Crippen LogP contribution in [0, 0.1) is 3.57 Å². The third-order valence-electron chi connectivity index (χ3n) is 3.88. The lowest BCUT2D eigenvalue weighted by Crippen LogP contribution is -2.37. The fourth-order valence-corrected chi connectivity index (χ4v) is 3.32. The second-order valence-electron chi connectivity index (χ2n) is 5.35. The van der Waals surface area contributed by atoms with Gasteiger partial charge in [0.05, 0.1) is 19.8 Å². The van der Waals surface area contributed by atoms with Crippen LogP contribution in [0.2, 0.25) is 0 Å². The Morgan fingerprint density at radius 2 is 1.82 bits per heavy atom. The molecule has 0 spiro atoms. The van der Waals surface area contributed by atoms with Crippen molar-refractivity contribution >= 4 is 28.5 Å². The van der Waals surface area contributed by atoms with E-state index in [0.717, 1.165) is 23.2 Å². The molecule has 1 aliphatic rings. The minimum atomic E-state index is -0.0673. The molecule has 0 bridgehead atoms. The lowest BCUT2D eigenvalue weighted by molar-refractivity contribution is 0.0945. The predicted molar refractivity (Wildman–Crippen MR) is 94.9 cm³/mol. The van der Waals surface area contributed by atoms with E-state index in [0.29, 0.717) is 23.6 Å². The van der Waals surface area contributed by atoms with Gasteiger partial charge in [0, 0.05) is 16.7 Å². The number of hydrogen-bond donors (Lipinski definition) is 1. The molecule has 1 aliphatic heterocycles. The number of carbonyl (C=O) groups excluding carboxylic acids is 1. The molecule has 1 saturated heterocycles. The summed E-state index contributed by atoms with van der Waals surface area (Å²) in [6, 6.07) is 3.55. The number of rotatable bonds is 6. The molecule has 1 heterocycles. The van der Waals surface area contributed by atoms with Crippen LogP contribution in [0.3, 0.4) is 0 Å². The summed E-state index contributed by atoms with van der Waals surface area (Å²) in [5.74, 6) is 1.14. The number of amides is 1. The van der Waals surface area contributed by atoms with Crippen LogP contribution in [0.5, 0.6) is 11.5 Å². The molecule has 5 nitrogen and oxygen atoms in total. The molecule has 1 fully saturated rings. The van der Waals surface area contributed by atoms with Crippen molar-refractivity contribution in [1.82, 2.24) is 10.2 Å². The predicted octanol–water partition coefficient (Wildman–Crippen LogP) is 2.52. The lowest BCUT2D eigenvalue weighted by atomic mass is 10.1. The minimum absolute atomic E-state index is 0.0673. The fraction of sp³-hybridized carbons (Fsp3) is 0.562. The molecule has 0 aromatic heterocycles. The normalized spacial score (nSPS) is 15.4. The summed E-state index contributed by atoms with van der Waals surface area (Å²) in [4.78, 5) is 14.8. The largest absolute Gasteiger partial charge is 0.493 e. The maximum absolute atomic E-state index is 12.3. The molecule has 2 rings (SSSR count). The number of hydrogen-bond acceptors (Lipinski definition) is 4. The zero-order valence-corrected chi connectivity index (χ0v) is 15.3. The number of likely N-dealkylation sites (tertiary alicyclic amines) is 1. The monoisotopic (exact) mass is 418 g/mol. The highest BCUT2D eigenvalue weighted by atomic mass is 127. The second-order valence-corrected chi connectivity index (χ2v) is 6.51. The lowest BCUT2D eigenvalue weighted by Gasteiger charge is -2.26. The molecule has 0 atom stereocenters. The van der Waals surface area contributed by atoms with Gasteiger partial charge in [-0.2, -0.15) is 0 Å². The first-order chi connectivity index (χ1) is 10.7. The Hall–Kier alpha value is -1.02. The molecule has 6 heteroatoms. The number of ether oxygens (including phenoxy) is 2. The molecule has 0 radical (unpaired) electrons. The van der Waals surface area contributed by atoms with Crippen molar-refractivity contribution in [2.45, 2.75) is 19.3 Å². The van der Waals surface area contributed by atoms with E-state index in [4.69, 9.17) is 9.47 Å². The van der Waals surface area contributed by atoms with Crippen molar-refractivity contribution in [3.63, 3.8) is 0 Å². The van der Waals surface area contributed by atoms with Crippen LogP contribution >= 0.6 is 22.6 Å². The molecule has 22 heavy (non-hydrogen) atoms. The molecule has 122 valence electrons. The number of carbonyl (C=O) groups is 1. The molecule has 1 N–H and O–H groups in total. The Balaban J connectivity index is 1.94. The minimum Gasteiger partial charge on any atom is -0.493 e. The highest BCUT2D eigenvalue weighted by Gasteiger charge is 2.16. The van der Waals surface area contributed by atoms with E-state index in [-0.39, 0.29) is 5.91 Å². The van der Waals surface area contributed by atoms with Gasteiger partial charge in [0.25, 0.3) is 5.91 Å². The van der Waals surface area contributed by atoms with E-state index in [9.17, 15) is 4.79 Å². The van der Waals surface area contributed by atoms with E-state index >= 15 is 0 Å². The Labute approximate surface area is 145 Å².